The molecule has 0 spiro atoms. The second-order valence-electron chi connectivity index (χ2n) is 3.72. The average Bonchev–Trinajstić information content (AvgIpc) is 2.19. The summed E-state index contributed by atoms with van der Waals surface area (Å²) >= 11 is 3.10. The van der Waals surface area contributed by atoms with Crippen LogP contribution < -0.4 is 0 Å². The number of alkyl halides is 3. The van der Waals surface area contributed by atoms with Gasteiger partial charge in [-0.2, -0.15) is 13.2 Å². The molecule has 0 aliphatic heterocycles. The van der Waals surface area contributed by atoms with Crippen molar-refractivity contribution < 1.29 is 13.2 Å². The summed E-state index contributed by atoms with van der Waals surface area (Å²) in [7, 11) is 0. The number of aromatic nitrogens is 2. The van der Waals surface area contributed by atoms with Crippen molar-refractivity contribution in [3.05, 3.63) is 33.6 Å². The minimum absolute atomic E-state index is 0.245. The maximum Gasteiger partial charge on any atom is 0.416 e. The van der Waals surface area contributed by atoms with E-state index < -0.39 is 11.7 Å². The van der Waals surface area contributed by atoms with E-state index in [4.69, 9.17) is 0 Å². The molecule has 0 unspecified atom stereocenters. The Morgan fingerprint density at radius 2 is 1.65 bits per heavy atom. The third kappa shape index (κ3) is 2.26. The van der Waals surface area contributed by atoms with Crippen molar-refractivity contribution in [2.45, 2.75) is 20.0 Å². The molecule has 0 aliphatic rings. The van der Waals surface area contributed by atoms with Crippen LogP contribution in [0.3, 0.4) is 0 Å². The predicted octanol–water partition coefficient (Wildman–Crippen LogP) is 4.03. The summed E-state index contributed by atoms with van der Waals surface area (Å²) in [5, 5.41) is 0. The molecule has 17 heavy (non-hydrogen) atoms. The summed E-state index contributed by atoms with van der Waals surface area (Å²) in [5.41, 5.74) is 1.30. The van der Waals surface area contributed by atoms with Crippen LogP contribution in [0.5, 0.6) is 0 Å². The zero-order valence-corrected chi connectivity index (χ0v) is 10.6. The highest BCUT2D eigenvalue weighted by Gasteiger charge is 2.31. The molecule has 0 radical (unpaired) electrons. The van der Waals surface area contributed by atoms with E-state index in [1.807, 2.05) is 0 Å². The Kier molecular flexibility index (Phi) is 2.85. The number of hydrogen-bond acceptors (Lipinski definition) is 2. The largest absolute Gasteiger partial charge is 0.416 e. The van der Waals surface area contributed by atoms with Gasteiger partial charge in [-0.05, 0) is 41.9 Å². The van der Waals surface area contributed by atoms with Crippen molar-refractivity contribution in [3.63, 3.8) is 0 Å². The van der Waals surface area contributed by atoms with Gasteiger partial charge in [-0.25, -0.2) is 9.97 Å². The molecule has 0 aliphatic carbocycles. The highest BCUT2D eigenvalue weighted by molar-refractivity contribution is 9.10. The summed E-state index contributed by atoms with van der Waals surface area (Å²) in [4.78, 5) is 8.34. The summed E-state index contributed by atoms with van der Waals surface area (Å²) in [6, 6.07) is 2.03. The van der Waals surface area contributed by atoms with Gasteiger partial charge in [0, 0.05) is 4.47 Å². The molecular weight excluding hydrogens is 297 g/mol. The summed E-state index contributed by atoms with van der Waals surface area (Å²) in [6.07, 6.45) is -4.38. The fourth-order valence-electron chi connectivity index (χ4n) is 1.45. The zero-order valence-electron chi connectivity index (χ0n) is 9.06. The number of hydrogen-bond donors (Lipinski definition) is 0. The molecule has 0 fully saturated rings. The maximum absolute atomic E-state index is 12.6. The van der Waals surface area contributed by atoms with E-state index in [-0.39, 0.29) is 5.52 Å². The maximum atomic E-state index is 12.6. The molecule has 0 N–H and O–H groups in total. The zero-order chi connectivity index (χ0) is 12.8. The Morgan fingerprint density at radius 3 is 2.24 bits per heavy atom. The van der Waals surface area contributed by atoms with E-state index in [0.717, 1.165) is 12.1 Å². The first kappa shape index (κ1) is 12.3. The molecule has 0 saturated heterocycles. The monoisotopic (exact) mass is 304 g/mol. The average molecular weight is 305 g/mol. The second-order valence-corrected chi connectivity index (χ2v) is 4.57. The van der Waals surface area contributed by atoms with E-state index in [1.54, 1.807) is 13.8 Å². The van der Waals surface area contributed by atoms with Crippen LogP contribution in [-0.2, 0) is 6.18 Å². The first-order chi connectivity index (χ1) is 7.79. The van der Waals surface area contributed by atoms with Gasteiger partial charge >= 0.3 is 6.18 Å². The van der Waals surface area contributed by atoms with Crippen LogP contribution in [-0.4, -0.2) is 9.97 Å². The fraction of sp³-hybridized carbons (Fsp3) is 0.273. The van der Waals surface area contributed by atoms with Crippen LogP contribution in [0.25, 0.3) is 11.0 Å². The minimum atomic E-state index is -4.38. The lowest BCUT2D eigenvalue weighted by Crippen LogP contribution is -2.06. The second kappa shape index (κ2) is 3.94. The van der Waals surface area contributed by atoms with E-state index in [1.165, 1.54) is 0 Å². The Bertz CT molecular complexity index is 593. The lowest BCUT2D eigenvalue weighted by molar-refractivity contribution is -0.137. The highest BCUT2D eigenvalue weighted by Crippen LogP contribution is 2.34. The standard InChI is InChI=1S/C11H8BrF3N2/c1-5-6(2)17-10-8(12)3-7(11(13,14)15)4-9(10)16-5/h3-4H,1-2H3. The van der Waals surface area contributed by atoms with E-state index in [9.17, 15) is 13.2 Å². The molecule has 2 aromatic rings. The molecule has 0 amide bonds. The molecule has 0 atom stereocenters. The highest BCUT2D eigenvalue weighted by atomic mass is 79.9. The van der Waals surface area contributed by atoms with Gasteiger partial charge in [-0.1, -0.05) is 0 Å². The smallest absolute Gasteiger partial charge is 0.250 e. The van der Waals surface area contributed by atoms with E-state index >= 15 is 0 Å². The van der Waals surface area contributed by atoms with Crippen LogP contribution in [0.1, 0.15) is 17.0 Å². The Labute approximate surface area is 104 Å². The van der Waals surface area contributed by atoms with Gasteiger partial charge in [0.2, 0.25) is 0 Å². The minimum Gasteiger partial charge on any atom is -0.250 e. The lowest BCUT2D eigenvalue weighted by Gasteiger charge is -2.10. The summed E-state index contributed by atoms with van der Waals surface area (Å²) < 4.78 is 38.1. The van der Waals surface area contributed by atoms with Crippen molar-refractivity contribution in [3.8, 4) is 0 Å². The lowest BCUT2D eigenvalue weighted by atomic mass is 10.1. The molecule has 1 heterocycles. The number of nitrogens with zero attached hydrogens (tertiary/aromatic N) is 2. The van der Waals surface area contributed by atoms with Gasteiger partial charge < -0.3 is 0 Å². The Balaban J connectivity index is 2.78. The van der Waals surface area contributed by atoms with Crippen molar-refractivity contribution in [1.29, 1.82) is 0 Å². The van der Waals surface area contributed by atoms with Gasteiger partial charge in [0.1, 0.15) is 5.52 Å². The van der Waals surface area contributed by atoms with Crippen LogP contribution in [0, 0.1) is 13.8 Å². The quantitative estimate of drug-likeness (QED) is 0.734. The third-order valence-electron chi connectivity index (χ3n) is 2.46. The fourth-order valence-corrected chi connectivity index (χ4v) is 1.99. The van der Waals surface area contributed by atoms with Gasteiger partial charge in [-0.15, -0.1) is 0 Å². The van der Waals surface area contributed by atoms with Crippen molar-refractivity contribution in [2.75, 3.05) is 0 Å². The molecule has 0 bridgehead atoms. The molecule has 1 aromatic carbocycles. The van der Waals surface area contributed by atoms with E-state index in [0.29, 0.717) is 21.4 Å². The van der Waals surface area contributed by atoms with Crippen molar-refractivity contribution in [1.82, 2.24) is 9.97 Å². The molecular formula is C11H8BrF3N2. The SMILES string of the molecule is Cc1nc2cc(C(F)(F)F)cc(Br)c2nc1C. The molecule has 2 nitrogen and oxygen atoms in total. The van der Waals surface area contributed by atoms with Gasteiger partial charge in [0.15, 0.2) is 0 Å². The number of aryl methyl sites for hydroxylation is 2. The molecule has 6 heteroatoms. The molecule has 2 rings (SSSR count). The first-order valence-electron chi connectivity index (χ1n) is 4.81. The summed E-state index contributed by atoms with van der Waals surface area (Å²) in [6.45, 7) is 3.49. The van der Waals surface area contributed by atoms with Crippen molar-refractivity contribution >= 4 is 27.0 Å². The molecule has 1 aromatic heterocycles. The van der Waals surface area contributed by atoms with Crippen LogP contribution in [0.2, 0.25) is 0 Å². The van der Waals surface area contributed by atoms with Crippen molar-refractivity contribution in [2.24, 2.45) is 0 Å². The number of fused-ring (bicyclic) bond motifs is 1. The topological polar surface area (TPSA) is 25.8 Å². The predicted molar refractivity (Wildman–Crippen MR) is 61.7 cm³/mol. The van der Waals surface area contributed by atoms with Crippen LogP contribution in [0.15, 0.2) is 16.6 Å². The number of halogens is 4. The van der Waals surface area contributed by atoms with Crippen LogP contribution >= 0.6 is 15.9 Å². The first-order valence-corrected chi connectivity index (χ1v) is 5.60. The third-order valence-corrected chi connectivity index (χ3v) is 3.07. The van der Waals surface area contributed by atoms with Gasteiger partial charge in [-0.3, -0.25) is 0 Å². The van der Waals surface area contributed by atoms with Gasteiger partial charge in [0.25, 0.3) is 0 Å². The number of rotatable bonds is 0. The Hall–Kier alpha value is -1.17. The molecule has 90 valence electrons. The normalized spacial score (nSPS) is 12.1. The summed E-state index contributed by atoms with van der Waals surface area (Å²) in [5.74, 6) is 0. The van der Waals surface area contributed by atoms with Crippen LogP contribution in [0.4, 0.5) is 13.2 Å². The molecule has 0 saturated carbocycles. The van der Waals surface area contributed by atoms with Gasteiger partial charge in [0.05, 0.1) is 22.5 Å². The number of benzene rings is 1. The van der Waals surface area contributed by atoms with E-state index in [2.05, 4.69) is 25.9 Å². The Morgan fingerprint density at radius 1 is 1.06 bits per heavy atom.